The molecule has 0 saturated carbocycles. The highest BCUT2D eigenvalue weighted by molar-refractivity contribution is 7.89. The second-order valence-electron chi connectivity index (χ2n) is 19.6. The molecule has 11 atom stereocenters. The summed E-state index contributed by atoms with van der Waals surface area (Å²) < 4.78 is 39.1. The fourth-order valence-electron chi connectivity index (χ4n) is 9.19. The number of rotatable bonds is 43. The zero-order valence-electron chi connectivity index (χ0n) is 42.9. The molecule has 16 nitrogen and oxygen atoms in total. The van der Waals surface area contributed by atoms with Crippen molar-refractivity contribution in [3.05, 3.63) is 11.6 Å². The van der Waals surface area contributed by atoms with Gasteiger partial charge in [0.25, 0.3) is 0 Å². The normalized spacial score (nSPS) is 25.7. The van der Waals surface area contributed by atoms with E-state index in [2.05, 4.69) is 23.2 Å². The van der Waals surface area contributed by atoms with Crippen molar-refractivity contribution in [1.29, 1.82) is 0 Å². The van der Waals surface area contributed by atoms with Crippen molar-refractivity contribution < 1.29 is 77.6 Å². The molecule has 10 unspecified atom stereocenters. The maximum atomic E-state index is 13.7. The Balaban J connectivity index is 2.02. The van der Waals surface area contributed by atoms with Crippen molar-refractivity contribution in [1.82, 2.24) is 0 Å². The maximum Gasteiger partial charge on any atom is 0.333 e. The van der Waals surface area contributed by atoms with Gasteiger partial charge >= 0.3 is 11.9 Å². The predicted molar refractivity (Wildman–Crippen MR) is 265 cm³/mol. The highest BCUT2D eigenvalue weighted by Gasteiger charge is 2.54. The summed E-state index contributed by atoms with van der Waals surface area (Å²) in [6, 6.07) is 0. The largest absolute Gasteiger partial charge is 0.453 e. The summed E-state index contributed by atoms with van der Waals surface area (Å²) >= 11 is 0.0630. The van der Waals surface area contributed by atoms with Gasteiger partial charge in [-0.05, 0) is 25.7 Å². The van der Waals surface area contributed by atoms with E-state index >= 15 is 0 Å². The van der Waals surface area contributed by atoms with Crippen LogP contribution in [0.2, 0.25) is 0 Å². The number of carbonyl (C=O) groups is 2. The first-order chi connectivity index (χ1) is 33.5. The van der Waals surface area contributed by atoms with Crippen molar-refractivity contribution in [2.45, 2.75) is 288 Å². The molecular formula is C52H96O16S. The van der Waals surface area contributed by atoms with Gasteiger partial charge in [0, 0.05) is 12.0 Å². The van der Waals surface area contributed by atoms with Crippen LogP contribution in [0, 0.1) is 5.92 Å². The Hall–Kier alpha value is -1.45. The van der Waals surface area contributed by atoms with Crippen molar-refractivity contribution in [2.75, 3.05) is 13.2 Å². The van der Waals surface area contributed by atoms with Gasteiger partial charge in [-0.25, -0.2) is 10.1 Å². The summed E-state index contributed by atoms with van der Waals surface area (Å²) in [5.74, 6) is -1.40. The van der Waals surface area contributed by atoms with Gasteiger partial charge in [-0.2, -0.15) is 0 Å². The molecular weight excluding hydrogens is 913 g/mol. The van der Waals surface area contributed by atoms with E-state index in [1.807, 2.05) is 13.0 Å². The molecule has 2 aliphatic rings. The zero-order valence-corrected chi connectivity index (χ0v) is 43.8. The topological polar surface area (TPSA) is 229 Å². The van der Waals surface area contributed by atoms with Crippen molar-refractivity contribution >= 4 is 24.3 Å². The van der Waals surface area contributed by atoms with Crippen LogP contribution in [-0.2, 0) is 46.8 Å². The number of allylic oxidation sites excluding steroid dienone is 1. The quantitative estimate of drug-likeness (QED) is 0.00833. The van der Waals surface area contributed by atoms with Gasteiger partial charge in [-0.3, -0.25) is 8.98 Å². The molecule has 0 spiro atoms. The number of aliphatic hydroxyl groups excluding tert-OH is 5. The minimum absolute atomic E-state index is 0.00920. The second-order valence-corrected chi connectivity index (χ2v) is 20.0. The molecule has 6 N–H and O–H groups in total. The summed E-state index contributed by atoms with van der Waals surface area (Å²) in [7, 11) is 0. The molecule has 69 heavy (non-hydrogen) atoms. The van der Waals surface area contributed by atoms with Gasteiger partial charge in [0.15, 0.2) is 36.9 Å². The SMILES string of the molecule is CCCCCCCCCCCCCCCCCC[C@H](C)/C=C(\C)C(=O)OC1C(O)C(CO)OC(OC2OC(CO)C(O)C(O)C2OSOOO)C1OC(=O)CCCCCCCCCCCCCCC. The van der Waals surface area contributed by atoms with Crippen LogP contribution in [0.15, 0.2) is 11.6 Å². The van der Waals surface area contributed by atoms with Crippen molar-refractivity contribution in [3.63, 3.8) is 0 Å². The molecule has 0 aromatic carbocycles. The van der Waals surface area contributed by atoms with Crippen LogP contribution in [0.5, 0.6) is 0 Å². The number of hydrogen-bond donors (Lipinski definition) is 6. The average molecular weight is 1010 g/mol. The summed E-state index contributed by atoms with van der Waals surface area (Å²) in [5.41, 5.74) is 0.280. The molecule has 0 aromatic rings. The lowest BCUT2D eigenvalue weighted by atomic mass is 9.97. The number of hydrogen-bond acceptors (Lipinski definition) is 17. The summed E-state index contributed by atoms with van der Waals surface area (Å²) in [5, 5.41) is 65.3. The van der Waals surface area contributed by atoms with Crippen LogP contribution in [0.3, 0.4) is 0 Å². The zero-order chi connectivity index (χ0) is 50.5. The average Bonchev–Trinajstić information content (AvgIpc) is 3.34. The van der Waals surface area contributed by atoms with Crippen LogP contribution in [0.1, 0.15) is 227 Å². The van der Waals surface area contributed by atoms with Gasteiger partial charge in [0.1, 0.15) is 30.5 Å². The van der Waals surface area contributed by atoms with Crippen LogP contribution < -0.4 is 0 Å². The standard InChI is InChI=1S/C52H96O16S/c1-5-7-9-11-13-15-17-19-20-21-23-24-26-28-30-32-34-39(3)36-40(4)50(59)64-47-45(57)42(38-54)62-52(65-51-48(66-69-68-67-60)46(58)44(56)41(37-53)61-51)49(47)63-43(55)35-33-31-29-27-25-22-18-16-14-12-10-8-6-2/h36,39,41-42,44-49,51-54,56-58,60H,5-35,37-38H2,1-4H3/b40-36+/t39-,41?,42?,44?,45?,46?,47?,48?,49?,51?,52?/m0/s1. The minimum Gasteiger partial charge on any atom is -0.453 e. The Labute approximate surface area is 419 Å². The predicted octanol–water partition coefficient (Wildman–Crippen LogP) is 10.4. The Bertz CT molecular complexity index is 1300. The summed E-state index contributed by atoms with van der Waals surface area (Å²) in [4.78, 5) is 27.2. The van der Waals surface area contributed by atoms with E-state index in [0.29, 0.717) is 6.42 Å². The Kier molecular flexibility index (Phi) is 37.8. The Morgan fingerprint density at radius 3 is 1.43 bits per heavy atom. The highest BCUT2D eigenvalue weighted by atomic mass is 32.2. The number of ether oxygens (including phenoxy) is 5. The van der Waals surface area contributed by atoms with Gasteiger partial charge in [0.2, 0.25) is 6.29 Å². The third kappa shape index (κ3) is 27.4. The third-order valence-electron chi connectivity index (χ3n) is 13.5. The number of unbranched alkanes of at least 4 members (excludes halogenated alkanes) is 27. The molecule has 2 rings (SSSR count). The van der Waals surface area contributed by atoms with E-state index in [1.54, 1.807) is 6.92 Å². The molecule has 2 heterocycles. The lowest BCUT2D eigenvalue weighted by Crippen LogP contribution is -2.65. The van der Waals surface area contributed by atoms with E-state index in [0.717, 1.165) is 44.9 Å². The van der Waals surface area contributed by atoms with Gasteiger partial charge in [-0.15, -0.1) is 4.33 Å². The smallest absolute Gasteiger partial charge is 0.333 e. The molecule has 0 bridgehead atoms. The fourth-order valence-corrected chi connectivity index (χ4v) is 9.54. The van der Waals surface area contributed by atoms with Gasteiger partial charge in [0.05, 0.1) is 13.2 Å². The molecule has 406 valence electrons. The molecule has 17 heteroatoms. The van der Waals surface area contributed by atoms with E-state index in [-0.39, 0.29) is 30.2 Å². The van der Waals surface area contributed by atoms with Gasteiger partial charge in [-0.1, -0.05) is 212 Å². The second kappa shape index (κ2) is 41.0. The number of aliphatic hydroxyl groups is 5. The van der Waals surface area contributed by atoms with Crippen molar-refractivity contribution in [3.8, 4) is 0 Å². The summed E-state index contributed by atoms with van der Waals surface area (Å²) in [6.45, 7) is 6.61. The molecule has 0 radical (unpaired) electrons. The van der Waals surface area contributed by atoms with Crippen LogP contribution in [-0.4, -0.2) is 117 Å². The van der Waals surface area contributed by atoms with E-state index in [4.69, 9.17) is 33.1 Å². The molecule has 0 amide bonds. The molecule has 2 aliphatic heterocycles. The summed E-state index contributed by atoms with van der Waals surface area (Å²) in [6.07, 6.45) is 21.8. The molecule has 2 saturated heterocycles. The Morgan fingerprint density at radius 1 is 0.565 bits per heavy atom. The first-order valence-corrected chi connectivity index (χ1v) is 27.8. The monoisotopic (exact) mass is 1010 g/mol. The first-order valence-electron chi connectivity index (χ1n) is 27.1. The number of carbonyl (C=O) groups excluding carboxylic acids is 2. The van der Waals surface area contributed by atoms with E-state index in [9.17, 15) is 35.1 Å². The van der Waals surface area contributed by atoms with Crippen LogP contribution >= 0.6 is 12.3 Å². The van der Waals surface area contributed by atoms with Crippen LogP contribution in [0.4, 0.5) is 0 Å². The van der Waals surface area contributed by atoms with E-state index in [1.165, 1.54) is 141 Å². The Morgan fingerprint density at radius 2 is 0.986 bits per heavy atom. The van der Waals surface area contributed by atoms with E-state index < -0.39 is 86.6 Å². The lowest BCUT2D eigenvalue weighted by molar-refractivity contribution is -0.435. The molecule has 0 aliphatic carbocycles. The number of esters is 2. The molecule has 2 fully saturated rings. The fraction of sp³-hybridized carbons (Fsp3) is 0.923. The van der Waals surface area contributed by atoms with Gasteiger partial charge < -0.3 is 49.2 Å². The van der Waals surface area contributed by atoms with Crippen LogP contribution in [0.25, 0.3) is 0 Å². The maximum absolute atomic E-state index is 13.7. The minimum atomic E-state index is -1.77. The van der Waals surface area contributed by atoms with Crippen molar-refractivity contribution in [2.24, 2.45) is 5.92 Å². The molecule has 0 aromatic heterocycles. The first kappa shape index (κ1) is 63.7. The highest BCUT2D eigenvalue weighted by Crippen LogP contribution is 2.34. The third-order valence-corrected chi connectivity index (χ3v) is 13.9. The lowest BCUT2D eigenvalue weighted by Gasteiger charge is -2.46.